The molecule has 2 rings (SSSR count). The van der Waals surface area contributed by atoms with Gasteiger partial charge < -0.3 is 26.2 Å². The number of rotatable bonds is 3. The molecule has 6 N–H and O–H groups in total. The van der Waals surface area contributed by atoms with Crippen molar-refractivity contribution in [1.82, 2.24) is 0 Å². The molecule has 1 saturated carbocycles. The lowest BCUT2D eigenvalue weighted by Gasteiger charge is -2.25. The number of halogens is 1. The molecule has 0 unspecified atom stereocenters. The summed E-state index contributed by atoms with van der Waals surface area (Å²) in [6.07, 6.45) is 3.17. The summed E-state index contributed by atoms with van der Waals surface area (Å²) >= 11 is 0. The van der Waals surface area contributed by atoms with Gasteiger partial charge in [-0.25, -0.2) is 0 Å². The van der Waals surface area contributed by atoms with Crippen molar-refractivity contribution in [1.29, 1.82) is 0 Å². The van der Waals surface area contributed by atoms with Crippen LogP contribution in [0.1, 0.15) is 37.3 Å². The third-order valence-electron chi connectivity index (χ3n) is 3.71. The molecule has 1 aromatic rings. The minimum absolute atomic E-state index is 0. The Morgan fingerprint density at radius 2 is 1.53 bits per heavy atom. The van der Waals surface area contributed by atoms with Crippen LogP contribution in [0.5, 0.6) is 17.2 Å². The first-order valence-electron chi connectivity index (χ1n) is 6.19. The second kappa shape index (κ2) is 6.32. The number of aromatic hydroxyl groups is 3. The summed E-state index contributed by atoms with van der Waals surface area (Å²) in [4.78, 5) is 0. The summed E-state index contributed by atoms with van der Waals surface area (Å²) in [6, 6.07) is 1.36. The van der Waals surface area contributed by atoms with Crippen LogP contribution in [0.15, 0.2) is 12.1 Å². The molecule has 0 spiro atoms. The third-order valence-corrected chi connectivity index (χ3v) is 3.71. The lowest BCUT2D eigenvalue weighted by molar-refractivity contribution is 0.0826. The molecule has 0 saturated heterocycles. The molecule has 2 atom stereocenters. The second-order valence-electron chi connectivity index (χ2n) is 4.96. The van der Waals surface area contributed by atoms with Crippen LogP contribution in [-0.4, -0.2) is 26.5 Å². The van der Waals surface area contributed by atoms with Gasteiger partial charge >= 0.3 is 0 Å². The first kappa shape index (κ1) is 15.9. The van der Waals surface area contributed by atoms with Gasteiger partial charge in [-0.1, -0.05) is 12.8 Å². The minimum atomic E-state index is -0.853. The molecule has 6 heteroatoms. The number of phenolic OH excluding ortho intramolecular Hbond substituents is 3. The Kier molecular flexibility index (Phi) is 5.29. The monoisotopic (exact) mass is 289 g/mol. The fraction of sp³-hybridized carbons (Fsp3) is 0.538. The molecular formula is C13H20ClNO4. The zero-order valence-corrected chi connectivity index (χ0v) is 11.3. The van der Waals surface area contributed by atoms with Crippen molar-refractivity contribution >= 4 is 12.4 Å². The average molecular weight is 290 g/mol. The van der Waals surface area contributed by atoms with E-state index < -0.39 is 12.1 Å². The van der Waals surface area contributed by atoms with Crippen LogP contribution in [0.3, 0.4) is 0 Å². The van der Waals surface area contributed by atoms with Crippen molar-refractivity contribution in [2.24, 2.45) is 11.7 Å². The van der Waals surface area contributed by atoms with E-state index in [1.54, 1.807) is 0 Å². The Morgan fingerprint density at radius 3 is 2.00 bits per heavy atom. The zero-order chi connectivity index (χ0) is 13.3. The number of hydrogen-bond acceptors (Lipinski definition) is 5. The number of nitrogens with two attached hydrogens (primary N) is 1. The number of aliphatic hydroxyl groups excluding tert-OH is 1. The number of hydrogen-bond donors (Lipinski definition) is 5. The average Bonchev–Trinajstić information content (AvgIpc) is 2.79. The molecular weight excluding hydrogens is 270 g/mol. The Balaban J connectivity index is 0.00000180. The zero-order valence-electron chi connectivity index (χ0n) is 10.5. The minimum Gasteiger partial charge on any atom is -0.508 e. The Bertz CT molecular complexity index is 412. The van der Waals surface area contributed by atoms with Gasteiger partial charge in [0.15, 0.2) is 0 Å². The van der Waals surface area contributed by atoms with Gasteiger partial charge in [0, 0.05) is 12.1 Å². The highest BCUT2D eigenvalue weighted by molar-refractivity contribution is 5.85. The van der Waals surface area contributed by atoms with Crippen molar-refractivity contribution in [2.45, 2.75) is 37.8 Å². The van der Waals surface area contributed by atoms with Gasteiger partial charge in [-0.3, -0.25) is 0 Å². The lowest BCUT2D eigenvalue weighted by atomic mass is 9.90. The maximum atomic E-state index is 10.2. The quantitative estimate of drug-likeness (QED) is 0.583. The standard InChI is InChI=1S/C13H19NO4.ClH/c14-12(13(18)7-3-1-2-4-7)11-9(16)5-8(15)6-10(11)17;/h5-7,12-13,15-18H,1-4,14H2;1H/t12-,13+;/m1./s1. The van der Waals surface area contributed by atoms with E-state index in [9.17, 15) is 20.4 Å². The Morgan fingerprint density at radius 1 is 1.05 bits per heavy atom. The molecule has 0 amide bonds. The first-order valence-corrected chi connectivity index (χ1v) is 6.19. The van der Waals surface area contributed by atoms with E-state index >= 15 is 0 Å². The van der Waals surface area contributed by atoms with Gasteiger partial charge in [-0.2, -0.15) is 0 Å². The molecule has 1 aromatic carbocycles. The number of aliphatic hydroxyl groups is 1. The predicted molar refractivity (Wildman–Crippen MR) is 73.6 cm³/mol. The van der Waals surface area contributed by atoms with Gasteiger partial charge in [0.2, 0.25) is 0 Å². The van der Waals surface area contributed by atoms with E-state index in [4.69, 9.17) is 5.73 Å². The molecule has 0 aliphatic heterocycles. The Hall–Kier alpha value is -1.17. The number of benzene rings is 1. The summed E-state index contributed by atoms with van der Waals surface area (Å²) in [7, 11) is 0. The maximum absolute atomic E-state index is 10.2. The van der Waals surface area contributed by atoms with Gasteiger partial charge in [-0.15, -0.1) is 12.4 Å². The summed E-state index contributed by atoms with van der Waals surface area (Å²) in [6.45, 7) is 0. The van der Waals surface area contributed by atoms with Gasteiger partial charge in [0.1, 0.15) is 17.2 Å². The Labute approximate surface area is 118 Å². The van der Waals surface area contributed by atoms with Crippen LogP contribution in [0.2, 0.25) is 0 Å². The summed E-state index contributed by atoms with van der Waals surface area (Å²) in [5.74, 6) is -0.724. The van der Waals surface area contributed by atoms with E-state index in [0.29, 0.717) is 0 Å². The maximum Gasteiger partial charge on any atom is 0.127 e. The van der Waals surface area contributed by atoms with E-state index in [1.807, 2.05) is 0 Å². The van der Waals surface area contributed by atoms with Crippen molar-refractivity contribution < 1.29 is 20.4 Å². The van der Waals surface area contributed by atoms with E-state index in [1.165, 1.54) is 0 Å². The van der Waals surface area contributed by atoms with E-state index in [-0.39, 0.29) is 41.1 Å². The largest absolute Gasteiger partial charge is 0.508 e. The molecule has 1 aliphatic carbocycles. The van der Waals surface area contributed by atoms with Crippen molar-refractivity contribution in [3.8, 4) is 17.2 Å². The molecule has 0 radical (unpaired) electrons. The molecule has 1 aliphatic rings. The molecule has 0 bridgehead atoms. The summed E-state index contributed by atoms with van der Waals surface area (Å²) in [5, 5.41) is 38.9. The van der Waals surface area contributed by atoms with Gasteiger partial charge in [0.25, 0.3) is 0 Å². The normalized spacial score (nSPS) is 18.8. The SMILES string of the molecule is Cl.N[C@H](c1c(O)cc(O)cc1O)[C@@H](O)C1CCCC1. The molecule has 108 valence electrons. The van der Waals surface area contributed by atoms with E-state index in [0.717, 1.165) is 37.8 Å². The summed E-state index contributed by atoms with van der Waals surface area (Å²) < 4.78 is 0. The van der Waals surface area contributed by atoms with Crippen molar-refractivity contribution in [2.75, 3.05) is 0 Å². The molecule has 19 heavy (non-hydrogen) atoms. The van der Waals surface area contributed by atoms with Crippen LogP contribution < -0.4 is 5.73 Å². The van der Waals surface area contributed by atoms with Crippen LogP contribution in [-0.2, 0) is 0 Å². The van der Waals surface area contributed by atoms with Gasteiger partial charge in [-0.05, 0) is 18.8 Å². The van der Waals surface area contributed by atoms with Gasteiger partial charge in [0.05, 0.1) is 17.7 Å². The number of phenols is 3. The van der Waals surface area contributed by atoms with Crippen LogP contribution in [0, 0.1) is 5.92 Å². The highest BCUT2D eigenvalue weighted by Crippen LogP contribution is 2.40. The first-order chi connectivity index (χ1) is 8.50. The fourth-order valence-electron chi connectivity index (χ4n) is 2.71. The highest BCUT2D eigenvalue weighted by atomic mass is 35.5. The van der Waals surface area contributed by atoms with Crippen LogP contribution in [0.25, 0.3) is 0 Å². The molecule has 0 aromatic heterocycles. The molecule has 1 fully saturated rings. The molecule has 0 heterocycles. The van der Waals surface area contributed by atoms with Crippen molar-refractivity contribution in [3.63, 3.8) is 0 Å². The molecule has 5 nitrogen and oxygen atoms in total. The van der Waals surface area contributed by atoms with Crippen molar-refractivity contribution in [3.05, 3.63) is 17.7 Å². The van der Waals surface area contributed by atoms with E-state index in [2.05, 4.69) is 0 Å². The highest BCUT2D eigenvalue weighted by Gasteiger charge is 2.31. The fourth-order valence-corrected chi connectivity index (χ4v) is 2.71. The summed E-state index contributed by atoms with van der Waals surface area (Å²) in [5.41, 5.74) is 6.01. The smallest absolute Gasteiger partial charge is 0.127 e. The van der Waals surface area contributed by atoms with Crippen LogP contribution >= 0.6 is 12.4 Å². The lowest BCUT2D eigenvalue weighted by Crippen LogP contribution is -2.32. The topological polar surface area (TPSA) is 107 Å². The second-order valence-corrected chi connectivity index (χ2v) is 4.96. The third kappa shape index (κ3) is 3.23. The van der Waals surface area contributed by atoms with Crippen LogP contribution in [0.4, 0.5) is 0 Å². The predicted octanol–water partition coefficient (Wildman–Crippen LogP) is 1.78.